The molecule has 158 valence electrons. The standard InChI is InChI=1S/C24H23N3O3S/c1-3-29-23(28)20-14-21(19-12-8-5-9-13-19)27(17(20)2)15-22-25-26-24(30-22)31-16-18-10-6-4-7-11-18/h4-14H,3,15-16H2,1-2H3. The van der Waals surface area contributed by atoms with Crippen molar-refractivity contribution in [1.29, 1.82) is 0 Å². The first-order chi connectivity index (χ1) is 15.2. The summed E-state index contributed by atoms with van der Waals surface area (Å²) in [7, 11) is 0. The third kappa shape index (κ3) is 4.88. The van der Waals surface area contributed by atoms with Crippen molar-refractivity contribution in [3.05, 3.63) is 89.4 Å². The van der Waals surface area contributed by atoms with Gasteiger partial charge in [0, 0.05) is 17.1 Å². The van der Waals surface area contributed by atoms with Gasteiger partial charge in [-0.1, -0.05) is 72.4 Å². The van der Waals surface area contributed by atoms with Crippen LogP contribution in [0.3, 0.4) is 0 Å². The summed E-state index contributed by atoms with van der Waals surface area (Å²) in [6.45, 7) is 4.40. The Kier molecular flexibility index (Phi) is 6.52. The van der Waals surface area contributed by atoms with Gasteiger partial charge in [0.05, 0.1) is 12.2 Å². The highest BCUT2D eigenvalue weighted by Crippen LogP contribution is 2.28. The van der Waals surface area contributed by atoms with Crippen molar-refractivity contribution in [2.45, 2.75) is 31.4 Å². The zero-order valence-corrected chi connectivity index (χ0v) is 18.3. The van der Waals surface area contributed by atoms with Crippen molar-refractivity contribution >= 4 is 17.7 Å². The minimum atomic E-state index is -0.333. The lowest BCUT2D eigenvalue weighted by molar-refractivity contribution is 0.0525. The molecule has 2 heterocycles. The lowest BCUT2D eigenvalue weighted by atomic mass is 10.1. The van der Waals surface area contributed by atoms with Gasteiger partial charge in [0.25, 0.3) is 5.22 Å². The van der Waals surface area contributed by atoms with Crippen molar-refractivity contribution in [3.8, 4) is 11.3 Å². The van der Waals surface area contributed by atoms with Crippen LogP contribution in [0.2, 0.25) is 0 Å². The van der Waals surface area contributed by atoms with E-state index in [1.54, 1.807) is 6.92 Å². The second-order valence-electron chi connectivity index (χ2n) is 6.94. The highest BCUT2D eigenvalue weighted by atomic mass is 32.2. The van der Waals surface area contributed by atoms with Crippen molar-refractivity contribution < 1.29 is 13.9 Å². The molecule has 0 fully saturated rings. The van der Waals surface area contributed by atoms with Gasteiger partial charge in [-0.15, -0.1) is 10.2 Å². The molecule has 0 atom stereocenters. The number of benzene rings is 2. The smallest absolute Gasteiger partial charge is 0.339 e. The summed E-state index contributed by atoms with van der Waals surface area (Å²) in [6, 6.07) is 21.9. The lowest BCUT2D eigenvalue weighted by Crippen LogP contribution is -2.08. The molecule has 0 radical (unpaired) electrons. The Balaban J connectivity index is 1.59. The fraction of sp³-hybridized carbons (Fsp3) is 0.208. The van der Waals surface area contributed by atoms with Gasteiger partial charge in [-0.25, -0.2) is 4.79 Å². The molecule has 0 saturated heterocycles. The van der Waals surface area contributed by atoms with Gasteiger partial charge in [0.2, 0.25) is 5.89 Å². The average molecular weight is 434 g/mol. The zero-order chi connectivity index (χ0) is 21.6. The minimum absolute atomic E-state index is 0.329. The lowest BCUT2D eigenvalue weighted by Gasteiger charge is -2.10. The van der Waals surface area contributed by atoms with Crippen LogP contribution in [0.25, 0.3) is 11.3 Å². The number of carbonyl (C=O) groups is 1. The molecule has 0 aliphatic carbocycles. The summed E-state index contributed by atoms with van der Waals surface area (Å²) >= 11 is 1.50. The van der Waals surface area contributed by atoms with E-state index >= 15 is 0 Å². The molecule has 4 rings (SSSR count). The first-order valence-electron chi connectivity index (χ1n) is 10.1. The third-order valence-corrected chi connectivity index (χ3v) is 5.77. The quantitative estimate of drug-likeness (QED) is 0.275. The fourth-order valence-electron chi connectivity index (χ4n) is 3.33. The first-order valence-corrected chi connectivity index (χ1v) is 11.1. The highest BCUT2D eigenvalue weighted by Gasteiger charge is 2.21. The maximum absolute atomic E-state index is 12.4. The number of hydrogen-bond donors (Lipinski definition) is 0. The molecule has 7 heteroatoms. The van der Waals surface area contributed by atoms with Crippen molar-refractivity contribution in [3.63, 3.8) is 0 Å². The van der Waals surface area contributed by atoms with E-state index in [9.17, 15) is 4.79 Å². The van der Waals surface area contributed by atoms with Crippen molar-refractivity contribution in [2.75, 3.05) is 6.61 Å². The van der Waals surface area contributed by atoms with Crippen molar-refractivity contribution in [1.82, 2.24) is 14.8 Å². The van der Waals surface area contributed by atoms with E-state index in [1.807, 2.05) is 66.1 Å². The zero-order valence-electron chi connectivity index (χ0n) is 17.4. The number of thioether (sulfide) groups is 1. The van der Waals surface area contributed by atoms with Crippen LogP contribution in [0.5, 0.6) is 0 Å². The van der Waals surface area contributed by atoms with Crippen LogP contribution in [0.1, 0.15) is 34.4 Å². The first kappa shape index (κ1) is 20.9. The number of hydrogen-bond acceptors (Lipinski definition) is 6. The number of aromatic nitrogens is 3. The maximum atomic E-state index is 12.4. The SMILES string of the molecule is CCOC(=O)c1cc(-c2ccccc2)n(Cc2nnc(SCc3ccccc3)o2)c1C. The van der Waals surface area contributed by atoms with Gasteiger partial charge in [0.1, 0.15) is 6.54 Å². The van der Waals surface area contributed by atoms with Crippen LogP contribution < -0.4 is 0 Å². The highest BCUT2D eigenvalue weighted by molar-refractivity contribution is 7.98. The number of ether oxygens (including phenoxy) is 1. The molecule has 2 aromatic carbocycles. The summed E-state index contributed by atoms with van der Waals surface area (Å²) in [5.41, 5.74) is 4.43. The second kappa shape index (κ2) is 9.66. The predicted octanol–water partition coefficient (Wildman–Crippen LogP) is 5.36. The van der Waals surface area contributed by atoms with Crippen LogP contribution in [0, 0.1) is 6.92 Å². The monoisotopic (exact) mass is 433 g/mol. The Morgan fingerprint density at radius 3 is 2.48 bits per heavy atom. The van der Waals surface area contributed by atoms with E-state index in [0.29, 0.717) is 29.8 Å². The molecular formula is C24H23N3O3S. The van der Waals surface area contributed by atoms with E-state index < -0.39 is 0 Å². The maximum Gasteiger partial charge on any atom is 0.339 e. The summed E-state index contributed by atoms with van der Waals surface area (Å²) < 4.78 is 13.1. The molecular weight excluding hydrogens is 410 g/mol. The van der Waals surface area contributed by atoms with E-state index in [4.69, 9.17) is 9.15 Å². The third-order valence-electron chi connectivity index (χ3n) is 4.88. The minimum Gasteiger partial charge on any atom is -0.462 e. The Hall–Kier alpha value is -3.32. The van der Waals surface area contributed by atoms with Crippen LogP contribution in [-0.4, -0.2) is 27.3 Å². The molecule has 2 aromatic heterocycles. The summed E-state index contributed by atoms with van der Waals surface area (Å²) in [4.78, 5) is 12.4. The average Bonchev–Trinajstić information content (AvgIpc) is 3.39. The number of carbonyl (C=O) groups excluding carboxylic acids is 1. The van der Waals surface area contributed by atoms with Gasteiger partial charge in [-0.2, -0.15) is 0 Å². The Labute approximate surface area is 185 Å². The van der Waals surface area contributed by atoms with Crippen LogP contribution >= 0.6 is 11.8 Å². The molecule has 0 bridgehead atoms. The molecule has 31 heavy (non-hydrogen) atoms. The summed E-state index contributed by atoms with van der Waals surface area (Å²) in [5, 5.41) is 8.91. The van der Waals surface area contributed by atoms with E-state index in [0.717, 1.165) is 22.7 Å². The van der Waals surface area contributed by atoms with Gasteiger partial charge in [0.15, 0.2) is 0 Å². The molecule has 0 aliphatic rings. The van der Waals surface area contributed by atoms with Gasteiger partial charge < -0.3 is 13.7 Å². The number of rotatable bonds is 8. The normalized spacial score (nSPS) is 10.9. The van der Waals surface area contributed by atoms with E-state index in [1.165, 1.54) is 17.3 Å². The van der Waals surface area contributed by atoms with Gasteiger partial charge >= 0.3 is 5.97 Å². The Morgan fingerprint density at radius 1 is 1.06 bits per heavy atom. The second-order valence-corrected chi connectivity index (χ2v) is 7.86. The van der Waals surface area contributed by atoms with Crippen molar-refractivity contribution in [2.24, 2.45) is 0 Å². The molecule has 0 spiro atoms. The topological polar surface area (TPSA) is 70.2 Å². The summed E-state index contributed by atoms with van der Waals surface area (Å²) in [6.07, 6.45) is 0. The Morgan fingerprint density at radius 2 is 1.77 bits per heavy atom. The molecule has 0 unspecified atom stereocenters. The van der Waals surface area contributed by atoms with E-state index in [-0.39, 0.29) is 5.97 Å². The largest absolute Gasteiger partial charge is 0.462 e. The van der Waals surface area contributed by atoms with Crippen LogP contribution in [-0.2, 0) is 17.0 Å². The molecule has 0 amide bonds. The Bertz CT molecular complexity index is 1150. The van der Waals surface area contributed by atoms with E-state index in [2.05, 4.69) is 22.3 Å². The van der Waals surface area contributed by atoms with Gasteiger partial charge in [-0.3, -0.25) is 0 Å². The predicted molar refractivity (Wildman–Crippen MR) is 120 cm³/mol. The molecule has 6 nitrogen and oxygen atoms in total. The number of esters is 1. The van der Waals surface area contributed by atoms with Crippen LogP contribution in [0.4, 0.5) is 0 Å². The molecule has 0 N–H and O–H groups in total. The fourth-order valence-corrected chi connectivity index (χ4v) is 4.06. The summed E-state index contributed by atoms with van der Waals surface area (Å²) in [5.74, 6) is 0.912. The molecule has 0 aliphatic heterocycles. The number of nitrogens with zero attached hydrogens (tertiary/aromatic N) is 3. The molecule has 0 saturated carbocycles. The van der Waals surface area contributed by atoms with Crippen LogP contribution in [0.15, 0.2) is 76.4 Å². The molecule has 4 aromatic rings. The van der Waals surface area contributed by atoms with Gasteiger partial charge in [-0.05, 0) is 31.0 Å².